The van der Waals surface area contributed by atoms with E-state index in [4.69, 9.17) is 14.2 Å². The second-order valence-electron chi connectivity index (χ2n) is 7.98. The Morgan fingerprint density at radius 3 is 2.34 bits per heavy atom. The van der Waals surface area contributed by atoms with Gasteiger partial charge in [-0.2, -0.15) is 0 Å². The zero-order valence-electron chi connectivity index (χ0n) is 18.6. The van der Waals surface area contributed by atoms with Gasteiger partial charge in [0.2, 0.25) is 6.79 Å². The fraction of sp³-hybridized carbons (Fsp3) is 0.111. The monoisotopic (exact) mass is 469 g/mol. The van der Waals surface area contributed by atoms with Gasteiger partial charge < -0.3 is 19.5 Å². The molecule has 1 unspecified atom stereocenters. The van der Waals surface area contributed by atoms with Crippen molar-refractivity contribution in [2.24, 2.45) is 0 Å². The van der Waals surface area contributed by atoms with Gasteiger partial charge in [0.05, 0.1) is 0 Å². The van der Waals surface area contributed by atoms with Gasteiger partial charge in [-0.15, -0.1) is 0 Å². The molecule has 1 aliphatic heterocycles. The van der Waals surface area contributed by atoms with Crippen molar-refractivity contribution >= 4 is 35.2 Å². The number of rotatable bonds is 5. The molecule has 2 aliphatic rings. The number of esters is 1. The SMILES string of the molecule is CC(OC(=O)/C=C/c1ccc2c(c1)OCO2)C(=O)Nc1ccc2c(c1)C(=O)c1ccccc1C2=O. The van der Waals surface area contributed by atoms with Gasteiger partial charge in [0, 0.05) is 34.0 Å². The summed E-state index contributed by atoms with van der Waals surface area (Å²) < 4.78 is 15.7. The second kappa shape index (κ2) is 8.90. The predicted octanol–water partition coefficient (Wildman–Crippen LogP) is 3.77. The Hall–Kier alpha value is -4.72. The first-order valence-electron chi connectivity index (χ1n) is 10.8. The number of ether oxygens (including phenoxy) is 3. The molecule has 1 heterocycles. The van der Waals surface area contributed by atoms with Crippen molar-refractivity contribution in [3.63, 3.8) is 0 Å². The van der Waals surface area contributed by atoms with Crippen LogP contribution in [0.4, 0.5) is 5.69 Å². The molecule has 1 amide bonds. The minimum Gasteiger partial charge on any atom is -0.454 e. The fourth-order valence-electron chi connectivity index (χ4n) is 3.87. The molecule has 5 rings (SSSR count). The van der Waals surface area contributed by atoms with Gasteiger partial charge >= 0.3 is 5.97 Å². The lowest BCUT2D eigenvalue weighted by atomic mass is 9.84. The van der Waals surface area contributed by atoms with Crippen molar-refractivity contribution in [3.8, 4) is 11.5 Å². The standard InChI is InChI=1S/C27H19NO7/c1-15(35-24(29)11-7-16-6-10-22-23(12-16)34-14-33-22)27(32)28-17-8-9-20-21(13-17)26(31)19-5-3-2-4-18(19)25(20)30/h2-13,15H,14H2,1H3,(H,28,32)/b11-7+. The number of benzene rings is 3. The normalized spacial score (nSPS) is 14.3. The Balaban J connectivity index is 1.23. The van der Waals surface area contributed by atoms with E-state index >= 15 is 0 Å². The average molecular weight is 469 g/mol. The van der Waals surface area contributed by atoms with Gasteiger partial charge in [0.15, 0.2) is 29.2 Å². The highest BCUT2D eigenvalue weighted by Crippen LogP contribution is 2.33. The lowest BCUT2D eigenvalue weighted by molar-refractivity contribution is -0.148. The number of fused-ring (bicyclic) bond motifs is 3. The summed E-state index contributed by atoms with van der Waals surface area (Å²) in [5.74, 6) is -0.601. The first-order chi connectivity index (χ1) is 16.9. The van der Waals surface area contributed by atoms with Crippen molar-refractivity contribution < 1.29 is 33.4 Å². The Morgan fingerprint density at radius 2 is 1.57 bits per heavy atom. The molecule has 3 aromatic carbocycles. The predicted molar refractivity (Wildman–Crippen MR) is 126 cm³/mol. The minimum absolute atomic E-state index is 0.152. The molecule has 8 heteroatoms. The summed E-state index contributed by atoms with van der Waals surface area (Å²) >= 11 is 0. The van der Waals surface area contributed by atoms with Crippen LogP contribution in [0, 0.1) is 0 Å². The maximum absolute atomic E-state index is 12.9. The lowest BCUT2D eigenvalue weighted by Crippen LogP contribution is -2.29. The van der Waals surface area contributed by atoms with E-state index in [0.29, 0.717) is 33.9 Å². The van der Waals surface area contributed by atoms with Crippen molar-refractivity contribution in [3.05, 3.63) is 94.6 Å². The first kappa shape index (κ1) is 22.1. The van der Waals surface area contributed by atoms with Crippen LogP contribution in [0.5, 0.6) is 11.5 Å². The molecule has 0 radical (unpaired) electrons. The molecule has 0 spiro atoms. The van der Waals surface area contributed by atoms with Crippen LogP contribution in [-0.2, 0) is 14.3 Å². The number of carbonyl (C=O) groups excluding carboxylic acids is 4. The van der Waals surface area contributed by atoms with Crippen molar-refractivity contribution in [1.82, 2.24) is 0 Å². The van der Waals surface area contributed by atoms with Crippen LogP contribution in [0.25, 0.3) is 6.08 Å². The summed E-state index contributed by atoms with van der Waals surface area (Å²) in [6.07, 6.45) is 1.65. The Labute approximate surface area is 200 Å². The van der Waals surface area contributed by atoms with Crippen LogP contribution in [0.1, 0.15) is 44.3 Å². The maximum atomic E-state index is 12.9. The molecule has 1 aliphatic carbocycles. The van der Waals surface area contributed by atoms with E-state index in [1.807, 2.05) is 0 Å². The fourth-order valence-corrected chi connectivity index (χ4v) is 3.87. The van der Waals surface area contributed by atoms with E-state index in [0.717, 1.165) is 0 Å². The second-order valence-corrected chi connectivity index (χ2v) is 7.98. The molecule has 35 heavy (non-hydrogen) atoms. The highest BCUT2D eigenvalue weighted by molar-refractivity contribution is 6.28. The molecule has 0 bridgehead atoms. The average Bonchev–Trinajstić information content (AvgIpc) is 3.34. The van der Waals surface area contributed by atoms with Crippen LogP contribution in [0.2, 0.25) is 0 Å². The minimum atomic E-state index is -1.10. The molecule has 1 N–H and O–H groups in total. The highest BCUT2D eigenvalue weighted by Gasteiger charge is 2.29. The van der Waals surface area contributed by atoms with E-state index < -0.39 is 18.0 Å². The summed E-state index contributed by atoms with van der Waals surface area (Å²) in [7, 11) is 0. The Bertz CT molecular complexity index is 1420. The summed E-state index contributed by atoms with van der Waals surface area (Å²) in [5, 5.41) is 2.62. The molecule has 0 aromatic heterocycles. The number of amides is 1. The van der Waals surface area contributed by atoms with Crippen molar-refractivity contribution in [2.45, 2.75) is 13.0 Å². The van der Waals surface area contributed by atoms with E-state index in [1.54, 1.807) is 48.5 Å². The molecule has 1 atom stereocenters. The van der Waals surface area contributed by atoms with Crippen LogP contribution < -0.4 is 14.8 Å². The third-order valence-electron chi connectivity index (χ3n) is 5.66. The van der Waals surface area contributed by atoms with Crippen LogP contribution in [0.3, 0.4) is 0 Å². The third kappa shape index (κ3) is 4.29. The van der Waals surface area contributed by atoms with E-state index in [-0.39, 0.29) is 29.5 Å². The summed E-state index contributed by atoms with van der Waals surface area (Å²) in [5.41, 5.74) is 2.19. The number of nitrogens with one attached hydrogen (secondary N) is 1. The zero-order valence-corrected chi connectivity index (χ0v) is 18.6. The lowest BCUT2D eigenvalue weighted by Gasteiger charge is -2.18. The van der Waals surface area contributed by atoms with E-state index in [9.17, 15) is 19.2 Å². The van der Waals surface area contributed by atoms with Crippen molar-refractivity contribution in [1.29, 1.82) is 0 Å². The molecule has 3 aromatic rings. The summed E-state index contributed by atoms with van der Waals surface area (Å²) in [6, 6.07) is 16.3. The largest absolute Gasteiger partial charge is 0.454 e. The number of hydrogen-bond donors (Lipinski definition) is 1. The van der Waals surface area contributed by atoms with Crippen molar-refractivity contribution in [2.75, 3.05) is 12.1 Å². The molecular weight excluding hydrogens is 450 g/mol. The van der Waals surface area contributed by atoms with E-state index in [2.05, 4.69) is 5.32 Å². The molecule has 8 nitrogen and oxygen atoms in total. The van der Waals surface area contributed by atoms with Crippen LogP contribution in [0.15, 0.2) is 66.7 Å². The van der Waals surface area contributed by atoms with Gasteiger partial charge in [-0.25, -0.2) is 4.79 Å². The third-order valence-corrected chi connectivity index (χ3v) is 5.66. The number of hydrogen-bond acceptors (Lipinski definition) is 7. The van der Waals surface area contributed by atoms with Gasteiger partial charge in [-0.1, -0.05) is 30.3 Å². The Morgan fingerprint density at radius 1 is 0.886 bits per heavy atom. The van der Waals surface area contributed by atoms with Gasteiger partial charge in [-0.05, 0) is 48.9 Å². The van der Waals surface area contributed by atoms with Gasteiger partial charge in [0.1, 0.15) is 0 Å². The summed E-state index contributed by atoms with van der Waals surface area (Å²) in [4.78, 5) is 50.3. The first-order valence-corrected chi connectivity index (χ1v) is 10.8. The van der Waals surface area contributed by atoms with Crippen LogP contribution >= 0.6 is 0 Å². The van der Waals surface area contributed by atoms with Gasteiger partial charge in [0.25, 0.3) is 5.91 Å². The smallest absolute Gasteiger partial charge is 0.331 e. The van der Waals surface area contributed by atoms with Crippen LogP contribution in [-0.4, -0.2) is 36.3 Å². The zero-order chi connectivity index (χ0) is 24.5. The van der Waals surface area contributed by atoms with Gasteiger partial charge in [-0.3, -0.25) is 14.4 Å². The molecular formula is C27H19NO7. The quantitative estimate of drug-likeness (QED) is 0.350. The molecule has 0 fully saturated rings. The number of ketones is 2. The summed E-state index contributed by atoms with van der Waals surface area (Å²) in [6.45, 7) is 1.59. The molecule has 174 valence electrons. The topological polar surface area (TPSA) is 108 Å². The van der Waals surface area contributed by atoms with E-state index in [1.165, 1.54) is 31.2 Å². The highest BCUT2D eigenvalue weighted by atomic mass is 16.7. The maximum Gasteiger partial charge on any atom is 0.331 e. The Kier molecular flexibility index (Phi) is 5.62. The number of carbonyl (C=O) groups is 4. The molecule has 0 saturated heterocycles. The number of anilines is 1. The molecule has 0 saturated carbocycles.